The number of ether oxygens (including phenoxy) is 1. The molecule has 1 aromatic rings. The Bertz CT molecular complexity index is 1000. The Kier molecular flexibility index (Phi) is 13.4. The number of halogens is 3. The molecule has 0 saturated heterocycles. The highest BCUT2D eigenvalue weighted by Crippen LogP contribution is 2.36. The van der Waals surface area contributed by atoms with E-state index >= 15 is 0 Å². The SMILES string of the molecule is CN(CCCO[N+](=O)[O-])C(=O)CCC/C=C\C[C@@H]1[C@@H](/C=C/[C@@H](O)COc2cccc(C(F)(F)F)c2)[C@H](O)C[C@@H]1O. The van der Waals surface area contributed by atoms with Crippen molar-refractivity contribution in [3.63, 3.8) is 0 Å². The molecule has 0 bridgehead atoms. The molecule has 0 aromatic heterocycles. The van der Waals surface area contributed by atoms with Crippen LogP contribution in [0.15, 0.2) is 48.6 Å². The molecule has 0 radical (unpaired) electrons. The minimum absolute atomic E-state index is 0.0303. The van der Waals surface area contributed by atoms with Crippen LogP contribution in [0.5, 0.6) is 5.75 Å². The summed E-state index contributed by atoms with van der Waals surface area (Å²) in [6.45, 7) is -0.00247. The Balaban J connectivity index is 1.75. The van der Waals surface area contributed by atoms with E-state index in [1.807, 2.05) is 12.2 Å². The minimum atomic E-state index is -4.51. The standard InChI is InChI=1S/C27H37F3N2O8/c1-31(14-7-15-40-32(37)38)26(36)11-5-3-2-4-10-22-23(25(35)17-24(22)34)13-12-20(33)18-39-21-9-6-8-19(16-21)27(28,29)30/h2,4,6,8-9,12-13,16,20,22-25,33-35H,3,5,7,10-11,14-15,17-18H2,1H3/b4-2-,13-12+/t20-,22-,23-,24+,25-/m1/s1. The molecule has 5 atom stereocenters. The summed E-state index contributed by atoms with van der Waals surface area (Å²) in [5.41, 5.74) is -0.856. The molecule has 1 fully saturated rings. The van der Waals surface area contributed by atoms with Crippen LogP contribution in [0.3, 0.4) is 0 Å². The molecule has 0 unspecified atom stereocenters. The molecular weight excluding hydrogens is 537 g/mol. The van der Waals surface area contributed by atoms with Crippen LogP contribution in [0.25, 0.3) is 0 Å². The number of allylic oxidation sites excluding steroid dienone is 2. The fourth-order valence-corrected chi connectivity index (χ4v) is 4.46. The number of carbonyl (C=O) groups excluding carboxylic acids is 1. The van der Waals surface area contributed by atoms with Gasteiger partial charge in [-0.05, 0) is 49.8 Å². The molecule has 13 heteroatoms. The first kappa shape index (κ1) is 33.0. The fourth-order valence-electron chi connectivity index (χ4n) is 4.46. The lowest BCUT2D eigenvalue weighted by Gasteiger charge is -2.20. The summed E-state index contributed by atoms with van der Waals surface area (Å²) < 4.78 is 43.8. The van der Waals surface area contributed by atoms with E-state index in [-0.39, 0.29) is 37.2 Å². The second kappa shape index (κ2) is 16.2. The van der Waals surface area contributed by atoms with E-state index in [2.05, 4.69) is 4.84 Å². The van der Waals surface area contributed by atoms with Crippen molar-refractivity contribution in [2.75, 3.05) is 26.8 Å². The first-order chi connectivity index (χ1) is 18.9. The van der Waals surface area contributed by atoms with Crippen molar-refractivity contribution in [1.29, 1.82) is 0 Å². The van der Waals surface area contributed by atoms with Crippen LogP contribution in [0, 0.1) is 22.0 Å². The van der Waals surface area contributed by atoms with Crippen molar-refractivity contribution in [2.24, 2.45) is 11.8 Å². The van der Waals surface area contributed by atoms with Crippen LogP contribution < -0.4 is 4.74 Å². The van der Waals surface area contributed by atoms with Crippen LogP contribution in [-0.4, -0.2) is 76.3 Å². The zero-order chi connectivity index (χ0) is 29.7. The first-order valence-corrected chi connectivity index (χ1v) is 13.1. The maximum absolute atomic E-state index is 12.8. The van der Waals surface area contributed by atoms with Crippen molar-refractivity contribution in [1.82, 2.24) is 4.90 Å². The van der Waals surface area contributed by atoms with Gasteiger partial charge in [-0.1, -0.05) is 30.4 Å². The van der Waals surface area contributed by atoms with Crippen LogP contribution >= 0.6 is 0 Å². The topological polar surface area (TPSA) is 143 Å². The van der Waals surface area contributed by atoms with Gasteiger partial charge >= 0.3 is 6.18 Å². The third-order valence-electron chi connectivity index (χ3n) is 6.65. The molecule has 3 N–H and O–H groups in total. The number of aliphatic hydroxyl groups excluding tert-OH is 3. The Morgan fingerprint density at radius 3 is 2.70 bits per heavy atom. The molecule has 1 aromatic carbocycles. The van der Waals surface area contributed by atoms with Gasteiger partial charge in [-0.3, -0.25) is 4.79 Å². The lowest BCUT2D eigenvalue weighted by atomic mass is 9.89. The minimum Gasteiger partial charge on any atom is -0.491 e. The summed E-state index contributed by atoms with van der Waals surface area (Å²) in [6, 6.07) is 4.34. The normalized spacial score (nSPS) is 22.1. The zero-order valence-corrected chi connectivity index (χ0v) is 22.3. The van der Waals surface area contributed by atoms with Gasteiger partial charge in [0, 0.05) is 32.4 Å². The van der Waals surface area contributed by atoms with Crippen molar-refractivity contribution in [3.8, 4) is 5.75 Å². The van der Waals surface area contributed by atoms with Crippen molar-refractivity contribution < 1.29 is 47.9 Å². The van der Waals surface area contributed by atoms with Crippen LogP contribution in [-0.2, 0) is 15.8 Å². The van der Waals surface area contributed by atoms with Gasteiger partial charge in [-0.15, -0.1) is 10.1 Å². The highest BCUT2D eigenvalue weighted by molar-refractivity contribution is 5.75. The number of unbranched alkanes of at least 4 members (excludes halogenated alkanes) is 1. The number of carbonyl (C=O) groups is 1. The number of hydrogen-bond acceptors (Lipinski definition) is 8. The molecule has 1 saturated carbocycles. The second-order valence-corrected chi connectivity index (χ2v) is 9.73. The van der Waals surface area contributed by atoms with E-state index < -0.39 is 41.1 Å². The van der Waals surface area contributed by atoms with Gasteiger partial charge in [-0.2, -0.15) is 13.2 Å². The molecule has 40 heavy (non-hydrogen) atoms. The number of rotatable bonds is 16. The summed E-state index contributed by atoms with van der Waals surface area (Å²) in [4.78, 5) is 28.0. The maximum atomic E-state index is 12.8. The number of benzene rings is 1. The molecule has 1 amide bonds. The number of aliphatic hydroxyl groups is 3. The van der Waals surface area contributed by atoms with Gasteiger partial charge in [0.2, 0.25) is 5.91 Å². The van der Waals surface area contributed by atoms with Crippen LogP contribution in [0.2, 0.25) is 0 Å². The first-order valence-electron chi connectivity index (χ1n) is 13.1. The van der Waals surface area contributed by atoms with E-state index in [1.54, 1.807) is 13.1 Å². The molecule has 1 aliphatic carbocycles. The van der Waals surface area contributed by atoms with E-state index in [0.29, 0.717) is 38.6 Å². The predicted molar refractivity (Wildman–Crippen MR) is 139 cm³/mol. The number of alkyl halides is 3. The number of hydrogen-bond donors (Lipinski definition) is 3. The Hall–Kier alpha value is -3.16. The van der Waals surface area contributed by atoms with Crippen molar-refractivity contribution in [3.05, 3.63) is 64.2 Å². The second-order valence-electron chi connectivity index (χ2n) is 9.73. The largest absolute Gasteiger partial charge is 0.491 e. The monoisotopic (exact) mass is 574 g/mol. The summed E-state index contributed by atoms with van der Waals surface area (Å²) in [6.07, 6.45) is 2.12. The van der Waals surface area contributed by atoms with Gasteiger partial charge in [0.1, 0.15) is 18.5 Å². The molecule has 2 rings (SSSR count). The Morgan fingerprint density at radius 2 is 2.00 bits per heavy atom. The maximum Gasteiger partial charge on any atom is 0.416 e. The quantitative estimate of drug-likeness (QED) is 0.118. The van der Waals surface area contributed by atoms with Crippen molar-refractivity contribution >= 4 is 5.91 Å². The molecule has 1 aliphatic rings. The third kappa shape index (κ3) is 11.5. The van der Waals surface area contributed by atoms with E-state index in [0.717, 1.165) is 12.1 Å². The smallest absolute Gasteiger partial charge is 0.416 e. The lowest BCUT2D eigenvalue weighted by Crippen LogP contribution is -2.28. The highest BCUT2D eigenvalue weighted by Gasteiger charge is 2.39. The van der Waals surface area contributed by atoms with E-state index in [9.17, 15) is 43.4 Å². The zero-order valence-electron chi connectivity index (χ0n) is 22.3. The molecule has 0 aliphatic heterocycles. The summed E-state index contributed by atoms with van der Waals surface area (Å²) in [5.74, 6) is -0.840. The molecule has 0 spiro atoms. The van der Waals surface area contributed by atoms with Crippen LogP contribution in [0.1, 0.15) is 44.1 Å². The van der Waals surface area contributed by atoms with Gasteiger partial charge < -0.3 is 29.8 Å². The highest BCUT2D eigenvalue weighted by atomic mass is 19.4. The van der Waals surface area contributed by atoms with E-state index in [1.165, 1.54) is 23.1 Å². The Morgan fingerprint density at radius 1 is 1.25 bits per heavy atom. The van der Waals surface area contributed by atoms with Gasteiger partial charge in [0.15, 0.2) is 0 Å². The van der Waals surface area contributed by atoms with Crippen molar-refractivity contribution in [2.45, 2.75) is 63.0 Å². The number of amides is 1. The molecule has 224 valence electrons. The molecule has 10 nitrogen and oxygen atoms in total. The molecule has 0 heterocycles. The lowest BCUT2D eigenvalue weighted by molar-refractivity contribution is -0.757. The summed E-state index contributed by atoms with van der Waals surface area (Å²) in [5, 5.41) is 40.2. The Labute approximate surface area is 230 Å². The predicted octanol–water partition coefficient (Wildman–Crippen LogP) is 3.53. The van der Waals surface area contributed by atoms with Gasteiger partial charge in [-0.25, -0.2) is 0 Å². The number of nitrogens with zero attached hydrogens (tertiary/aromatic N) is 2. The fraction of sp³-hybridized carbons (Fsp3) is 0.593. The third-order valence-corrected chi connectivity index (χ3v) is 6.65. The van der Waals surface area contributed by atoms with Gasteiger partial charge in [0.25, 0.3) is 5.09 Å². The van der Waals surface area contributed by atoms with E-state index in [4.69, 9.17) is 4.74 Å². The average Bonchev–Trinajstić information content (AvgIpc) is 3.16. The van der Waals surface area contributed by atoms with Crippen LogP contribution in [0.4, 0.5) is 13.2 Å². The van der Waals surface area contributed by atoms with Gasteiger partial charge in [0.05, 0.1) is 24.4 Å². The average molecular weight is 575 g/mol. The molecular formula is C27H37F3N2O8. The summed E-state index contributed by atoms with van der Waals surface area (Å²) in [7, 11) is 1.62. The summed E-state index contributed by atoms with van der Waals surface area (Å²) >= 11 is 0.